The molecule has 0 atom stereocenters. The first-order chi connectivity index (χ1) is 8.15. The van der Waals surface area contributed by atoms with Crippen molar-refractivity contribution >= 4 is 10.9 Å². The number of rotatable bonds is 1. The van der Waals surface area contributed by atoms with E-state index < -0.39 is 0 Å². The zero-order valence-electron chi connectivity index (χ0n) is 10.3. The van der Waals surface area contributed by atoms with Gasteiger partial charge in [0.25, 0.3) is 0 Å². The van der Waals surface area contributed by atoms with E-state index in [1.807, 2.05) is 6.07 Å². The van der Waals surface area contributed by atoms with E-state index in [4.69, 9.17) is 0 Å². The number of aromatic nitrogens is 1. The molecular formula is C14H17FN2. The van der Waals surface area contributed by atoms with E-state index in [2.05, 4.69) is 23.7 Å². The normalized spacial score (nSPS) is 16.7. The average Bonchev–Trinajstić information content (AvgIpc) is 2.64. The number of hydrogen-bond donors (Lipinski definition) is 1. The molecule has 0 radical (unpaired) electrons. The molecule has 0 saturated heterocycles. The number of hydrogen-bond acceptors (Lipinski definition) is 1. The van der Waals surface area contributed by atoms with Crippen molar-refractivity contribution < 1.29 is 4.39 Å². The third-order valence-corrected chi connectivity index (χ3v) is 3.70. The summed E-state index contributed by atoms with van der Waals surface area (Å²) < 4.78 is 13.2. The first-order valence-electron chi connectivity index (χ1n) is 6.18. The Hall–Kier alpha value is -1.35. The van der Waals surface area contributed by atoms with E-state index in [-0.39, 0.29) is 5.82 Å². The highest BCUT2D eigenvalue weighted by molar-refractivity contribution is 5.85. The second-order valence-electron chi connectivity index (χ2n) is 5.09. The van der Waals surface area contributed by atoms with E-state index >= 15 is 0 Å². The third-order valence-electron chi connectivity index (χ3n) is 3.70. The van der Waals surface area contributed by atoms with Gasteiger partial charge in [0.05, 0.1) is 0 Å². The molecule has 0 fully saturated rings. The lowest BCUT2D eigenvalue weighted by atomic mass is 10.0. The number of nitrogens with one attached hydrogen (secondary N) is 1. The van der Waals surface area contributed by atoms with Crippen molar-refractivity contribution in [2.45, 2.75) is 32.9 Å². The standard InChI is InChI=1S/C14H17FN2/c1-9(2)17-6-5-12-11-4-3-10(15)7-13(11)16-14(12)8-17/h3-4,7,9,16H,5-6,8H2,1-2H3. The molecule has 0 unspecified atom stereocenters. The Morgan fingerprint density at radius 3 is 2.94 bits per heavy atom. The average molecular weight is 232 g/mol. The molecule has 2 heterocycles. The van der Waals surface area contributed by atoms with Crippen LogP contribution in [-0.2, 0) is 13.0 Å². The van der Waals surface area contributed by atoms with Crippen LogP contribution in [0.25, 0.3) is 10.9 Å². The molecule has 1 aliphatic heterocycles. The lowest BCUT2D eigenvalue weighted by molar-refractivity contribution is 0.201. The molecule has 0 spiro atoms. The van der Waals surface area contributed by atoms with Gasteiger partial charge in [0, 0.05) is 35.7 Å². The number of fused-ring (bicyclic) bond motifs is 3. The minimum atomic E-state index is -0.170. The van der Waals surface area contributed by atoms with Gasteiger partial charge in [-0.05, 0) is 44.0 Å². The summed E-state index contributed by atoms with van der Waals surface area (Å²) in [6.45, 7) is 6.47. The summed E-state index contributed by atoms with van der Waals surface area (Å²) in [7, 11) is 0. The second-order valence-corrected chi connectivity index (χ2v) is 5.09. The van der Waals surface area contributed by atoms with Crippen molar-refractivity contribution in [1.82, 2.24) is 9.88 Å². The van der Waals surface area contributed by atoms with Crippen LogP contribution in [-0.4, -0.2) is 22.5 Å². The van der Waals surface area contributed by atoms with Crippen molar-refractivity contribution in [2.24, 2.45) is 0 Å². The first-order valence-corrected chi connectivity index (χ1v) is 6.18. The summed E-state index contributed by atoms with van der Waals surface area (Å²) >= 11 is 0. The summed E-state index contributed by atoms with van der Waals surface area (Å²) in [5, 5.41) is 1.19. The lowest BCUT2D eigenvalue weighted by Gasteiger charge is -2.30. The molecule has 2 aromatic rings. The molecular weight excluding hydrogens is 215 g/mol. The van der Waals surface area contributed by atoms with Gasteiger partial charge in [-0.15, -0.1) is 0 Å². The Balaban J connectivity index is 2.07. The fourth-order valence-corrected chi connectivity index (χ4v) is 2.68. The van der Waals surface area contributed by atoms with E-state index in [1.165, 1.54) is 16.6 Å². The minimum Gasteiger partial charge on any atom is -0.357 e. The highest BCUT2D eigenvalue weighted by Crippen LogP contribution is 2.28. The van der Waals surface area contributed by atoms with Crippen LogP contribution in [0.4, 0.5) is 4.39 Å². The van der Waals surface area contributed by atoms with Crippen molar-refractivity contribution in [3.8, 4) is 0 Å². The highest BCUT2D eigenvalue weighted by Gasteiger charge is 2.21. The molecule has 0 amide bonds. The fourth-order valence-electron chi connectivity index (χ4n) is 2.68. The van der Waals surface area contributed by atoms with E-state index in [1.54, 1.807) is 12.1 Å². The molecule has 1 N–H and O–H groups in total. The summed E-state index contributed by atoms with van der Waals surface area (Å²) in [5.41, 5.74) is 3.56. The maximum Gasteiger partial charge on any atom is 0.125 e. The number of H-pyrrole nitrogens is 1. The quantitative estimate of drug-likeness (QED) is 0.800. The number of aromatic amines is 1. The van der Waals surface area contributed by atoms with Gasteiger partial charge in [0.1, 0.15) is 5.82 Å². The maximum atomic E-state index is 13.2. The Labute approximate surface area is 100 Å². The van der Waals surface area contributed by atoms with Crippen LogP contribution in [0.2, 0.25) is 0 Å². The van der Waals surface area contributed by atoms with Gasteiger partial charge >= 0.3 is 0 Å². The highest BCUT2D eigenvalue weighted by atomic mass is 19.1. The minimum absolute atomic E-state index is 0.170. The van der Waals surface area contributed by atoms with E-state index in [9.17, 15) is 4.39 Å². The number of nitrogens with zero attached hydrogens (tertiary/aromatic N) is 1. The van der Waals surface area contributed by atoms with Crippen molar-refractivity contribution in [3.63, 3.8) is 0 Å². The first kappa shape index (κ1) is 10.8. The van der Waals surface area contributed by atoms with Crippen LogP contribution in [0.5, 0.6) is 0 Å². The van der Waals surface area contributed by atoms with Gasteiger partial charge in [0.2, 0.25) is 0 Å². The number of halogens is 1. The molecule has 0 aliphatic carbocycles. The van der Waals surface area contributed by atoms with Crippen LogP contribution in [0, 0.1) is 5.82 Å². The zero-order chi connectivity index (χ0) is 12.0. The molecule has 3 rings (SSSR count). The molecule has 3 heteroatoms. The summed E-state index contributed by atoms with van der Waals surface area (Å²) in [4.78, 5) is 5.80. The molecule has 2 nitrogen and oxygen atoms in total. The Bertz CT molecular complexity index is 557. The summed E-state index contributed by atoms with van der Waals surface area (Å²) in [5.74, 6) is -0.170. The number of benzene rings is 1. The summed E-state index contributed by atoms with van der Waals surface area (Å²) in [6.07, 6.45) is 1.05. The van der Waals surface area contributed by atoms with E-state index in [0.717, 1.165) is 25.0 Å². The monoisotopic (exact) mass is 232 g/mol. The predicted molar refractivity (Wildman–Crippen MR) is 67.5 cm³/mol. The van der Waals surface area contributed by atoms with Gasteiger partial charge in [-0.25, -0.2) is 4.39 Å². The van der Waals surface area contributed by atoms with Gasteiger partial charge < -0.3 is 4.98 Å². The Morgan fingerprint density at radius 2 is 2.18 bits per heavy atom. The molecule has 0 saturated carbocycles. The molecule has 1 aromatic carbocycles. The topological polar surface area (TPSA) is 19.0 Å². The Morgan fingerprint density at radius 1 is 1.35 bits per heavy atom. The van der Waals surface area contributed by atoms with Crippen LogP contribution >= 0.6 is 0 Å². The van der Waals surface area contributed by atoms with Gasteiger partial charge in [0.15, 0.2) is 0 Å². The van der Waals surface area contributed by atoms with Crippen molar-refractivity contribution in [1.29, 1.82) is 0 Å². The predicted octanol–water partition coefficient (Wildman–Crippen LogP) is 3.07. The van der Waals surface area contributed by atoms with Crippen LogP contribution in [0.3, 0.4) is 0 Å². The maximum absolute atomic E-state index is 13.2. The molecule has 1 aliphatic rings. The Kier molecular flexibility index (Phi) is 2.44. The zero-order valence-corrected chi connectivity index (χ0v) is 10.3. The lowest BCUT2D eigenvalue weighted by Crippen LogP contribution is -2.35. The molecule has 0 bridgehead atoms. The smallest absolute Gasteiger partial charge is 0.125 e. The summed E-state index contributed by atoms with van der Waals surface area (Å²) in [6, 6.07) is 5.59. The van der Waals surface area contributed by atoms with Crippen LogP contribution in [0.15, 0.2) is 18.2 Å². The largest absolute Gasteiger partial charge is 0.357 e. The van der Waals surface area contributed by atoms with Crippen molar-refractivity contribution in [2.75, 3.05) is 6.54 Å². The van der Waals surface area contributed by atoms with Gasteiger partial charge in [-0.1, -0.05) is 0 Å². The van der Waals surface area contributed by atoms with Crippen LogP contribution < -0.4 is 0 Å². The second kappa shape index (κ2) is 3.84. The molecule has 17 heavy (non-hydrogen) atoms. The molecule has 90 valence electrons. The van der Waals surface area contributed by atoms with E-state index in [0.29, 0.717) is 6.04 Å². The van der Waals surface area contributed by atoms with Crippen molar-refractivity contribution in [3.05, 3.63) is 35.3 Å². The fraction of sp³-hybridized carbons (Fsp3) is 0.429. The third kappa shape index (κ3) is 1.75. The SMILES string of the molecule is CC(C)N1CCc2c([nH]c3cc(F)ccc23)C1. The van der Waals surface area contributed by atoms with Gasteiger partial charge in [-0.3, -0.25) is 4.90 Å². The van der Waals surface area contributed by atoms with Crippen LogP contribution in [0.1, 0.15) is 25.1 Å². The van der Waals surface area contributed by atoms with Gasteiger partial charge in [-0.2, -0.15) is 0 Å². The molecule has 1 aromatic heterocycles.